The lowest BCUT2D eigenvalue weighted by Gasteiger charge is -2.09. The molecule has 0 saturated carbocycles. The fourth-order valence-electron chi connectivity index (χ4n) is 1.72. The first-order valence-electron chi connectivity index (χ1n) is 6.84. The summed E-state index contributed by atoms with van der Waals surface area (Å²) in [5.41, 5.74) is 1.26. The predicted octanol–water partition coefficient (Wildman–Crippen LogP) is 2.65. The molecule has 1 N–H and O–H groups in total. The van der Waals surface area contributed by atoms with Crippen molar-refractivity contribution in [2.24, 2.45) is 0 Å². The largest absolute Gasteiger partial charge is 0.490 e. The van der Waals surface area contributed by atoms with Crippen LogP contribution in [0.3, 0.4) is 0 Å². The number of nitrogens with one attached hydrogen (secondary N) is 1. The molecule has 1 aromatic carbocycles. The maximum Gasteiger partial charge on any atom is 0.137 e. The van der Waals surface area contributed by atoms with Crippen LogP contribution in [0.2, 0.25) is 0 Å². The summed E-state index contributed by atoms with van der Waals surface area (Å²) < 4.78 is 11.1. The van der Waals surface area contributed by atoms with Gasteiger partial charge in [-0.25, -0.2) is 0 Å². The van der Waals surface area contributed by atoms with E-state index in [-0.39, 0.29) is 0 Å². The number of hydrogen-bond acceptors (Lipinski definition) is 4. The first kappa shape index (κ1) is 14.3. The van der Waals surface area contributed by atoms with E-state index in [1.807, 2.05) is 24.3 Å². The minimum absolute atomic E-state index is 0.505. The van der Waals surface area contributed by atoms with Crippen molar-refractivity contribution in [3.63, 3.8) is 0 Å². The Morgan fingerprint density at radius 1 is 1.00 bits per heavy atom. The normalized spacial score (nSPS) is 10.2. The third-order valence-corrected chi connectivity index (χ3v) is 2.76. The van der Waals surface area contributed by atoms with E-state index >= 15 is 0 Å². The van der Waals surface area contributed by atoms with E-state index < -0.39 is 0 Å². The van der Waals surface area contributed by atoms with E-state index in [4.69, 9.17) is 9.47 Å². The smallest absolute Gasteiger partial charge is 0.137 e. The molecule has 2 aromatic rings. The summed E-state index contributed by atoms with van der Waals surface area (Å²) in [4.78, 5) is 3.98. The Kier molecular flexibility index (Phi) is 5.86. The summed E-state index contributed by atoms with van der Waals surface area (Å²) in [6.45, 7) is 4.98. The van der Waals surface area contributed by atoms with Gasteiger partial charge in [-0.2, -0.15) is 0 Å². The molecule has 0 aliphatic carbocycles. The van der Waals surface area contributed by atoms with Gasteiger partial charge < -0.3 is 14.8 Å². The van der Waals surface area contributed by atoms with Gasteiger partial charge in [-0.1, -0.05) is 19.1 Å². The van der Waals surface area contributed by atoms with Crippen molar-refractivity contribution in [1.29, 1.82) is 0 Å². The van der Waals surface area contributed by atoms with E-state index in [0.717, 1.165) is 24.6 Å². The van der Waals surface area contributed by atoms with Crippen LogP contribution in [0.25, 0.3) is 0 Å². The molecule has 0 saturated heterocycles. The molecular formula is C16H20N2O2. The van der Waals surface area contributed by atoms with Crippen LogP contribution in [0, 0.1) is 0 Å². The van der Waals surface area contributed by atoms with Gasteiger partial charge in [0.25, 0.3) is 0 Å². The quantitative estimate of drug-likeness (QED) is 0.750. The van der Waals surface area contributed by atoms with Crippen molar-refractivity contribution >= 4 is 0 Å². The van der Waals surface area contributed by atoms with Crippen molar-refractivity contribution in [1.82, 2.24) is 10.3 Å². The first-order chi connectivity index (χ1) is 9.88. The summed E-state index contributed by atoms with van der Waals surface area (Å²) in [6.07, 6.45) is 3.41. The maximum absolute atomic E-state index is 5.62. The minimum Gasteiger partial charge on any atom is -0.490 e. The van der Waals surface area contributed by atoms with Gasteiger partial charge in [0, 0.05) is 12.7 Å². The van der Waals surface area contributed by atoms with Crippen LogP contribution < -0.4 is 14.8 Å². The molecule has 0 amide bonds. The van der Waals surface area contributed by atoms with Gasteiger partial charge in [0.15, 0.2) is 0 Å². The zero-order chi connectivity index (χ0) is 14.0. The molecule has 0 aliphatic rings. The molecule has 1 heterocycles. The molecule has 4 heteroatoms. The molecule has 1 aromatic heterocycles. The molecule has 0 unspecified atom stereocenters. The Balaban J connectivity index is 1.69. The maximum atomic E-state index is 5.62. The standard InChI is InChI=1S/C16H20N2O2/c1-2-17-12-14-5-7-15(8-6-14)19-10-11-20-16-4-3-9-18-13-16/h3-9,13,17H,2,10-12H2,1H3. The van der Waals surface area contributed by atoms with Gasteiger partial charge in [-0.3, -0.25) is 4.98 Å². The van der Waals surface area contributed by atoms with Gasteiger partial charge >= 0.3 is 0 Å². The van der Waals surface area contributed by atoms with Crippen LogP contribution in [0.4, 0.5) is 0 Å². The van der Waals surface area contributed by atoms with E-state index in [1.54, 1.807) is 12.4 Å². The zero-order valence-corrected chi connectivity index (χ0v) is 11.7. The van der Waals surface area contributed by atoms with Crippen molar-refractivity contribution in [2.75, 3.05) is 19.8 Å². The van der Waals surface area contributed by atoms with E-state index in [1.165, 1.54) is 5.56 Å². The molecule has 0 atom stereocenters. The molecule has 106 valence electrons. The van der Waals surface area contributed by atoms with Crippen LogP contribution in [0.1, 0.15) is 12.5 Å². The van der Waals surface area contributed by atoms with Crippen LogP contribution in [-0.2, 0) is 6.54 Å². The SMILES string of the molecule is CCNCc1ccc(OCCOc2cccnc2)cc1. The second-order valence-corrected chi connectivity index (χ2v) is 4.31. The molecular weight excluding hydrogens is 252 g/mol. The fraction of sp³-hybridized carbons (Fsp3) is 0.312. The average Bonchev–Trinajstić information content (AvgIpc) is 2.52. The van der Waals surface area contributed by atoms with Gasteiger partial charge in [0.2, 0.25) is 0 Å². The highest BCUT2D eigenvalue weighted by Gasteiger charge is 1.96. The second-order valence-electron chi connectivity index (χ2n) is 4.31. The van der Waals surface area contributed by atoms with Crippen molar-refractivity contribution < 1.29 is 9.47 Å². The molecule has 0 aliphatic heterocycles. The number of ether oxygens (including phenoxy) is 2. The molecule has 0 bridgehead atoms. The number of pyridine rings is 1. The first-order valence-corrected chi connectivity index (χ1v) is 6.84. The topological polar surface area (TPSA) is 43.4 Å². The third kappa shape index (κ3) is 4.90. The number of hydrogen-bond donors (Lipinski definition) is 1. The molecule has 0 spiro atoms. The lowest BCUT2D eigenvalue weighted by Crippen LogP contribution is -2.11. The van der Waals surface area contributed by atoms with E-state index in [0.29, 0.717) is 13.2 Å². The summed E-state index contributed by atoms with van der Waals surface area (Å²) in [5.74, 6) is 1.62. The Labute approximate surface area is 119 Å². The summed E-state index contributed by atoms with van der Waals surface area (Å²) in [5, 5.41) is 3.29. The molecule has 0 radical (unpaired) electrons. The van der Waals surface area contributed by atoms with Gasteiger partial charge in [-0.15, -0.1) is 0 Å². The van der Waals surface area contributed by atoms with Crippen LogP contribution in [-0.4, -0.2) is 24.7 Å². The predicted molar refractivity (Wildman–Crippen MR) is 79.0 cm³/mol. The Hall–Kier alpha value is -2.07. The monoisotopic (exact) mass is 272 g/mol. The van der Waals surface area contributed by atoms with Crippen molar-refractivity contribution in [3.05, 3.63) is 54.4 Å². The van der Waals surface area contributed by atoms with Crippen molar-refractivity contribution in [3.8, 4) is 11.5 Å². The summed E-state index contributed by atoms with van der Waals surface area (Å²) in [7, 11) is 0. The summed E-state index contributed by atoms with van der Waals surface area (Å²) >= 11 is 0. The number of rotatable bonds is 8. The van der Waals surface area contributed by atoms with E-state index in [2.05, 4.69) is 29.4 Å². The lowest BCUT2D eigenvalue weighted by atomic mass is 10.2. The Bertz CT molecular complexity index is 486. The van der Waals surface area contributed by atoms with Crippen LogP contribution in [0.15, 0.2) is 48.8 Å². The van der Waals surface area contributed by atoms with Crippen LogP contribution in [0.5, 0.6) is 11.5 Å². The zero-order valence-electron chi connectivity index (χ0n) is 11.7. The number of nitrogens with zero attached hydrogens (tertiary/aromatic N) is 1. The van der Waals surface area contributed by atoms with Gasteiger partial charge in [0.1, 0.15) is 24.7 Å². The van der Waals surface area contributed by atoms with Crippen LogP contribution >= 0.6 is 0 Å². The number of benzene rings is 1. The highest BCUT2D eigenvalue weighted by atomic mass is 16.5. The lowest BCUT2D eigenvalue weighted by molar-refractivity contribution is 0.216. The molecule has 4 nitrogen and oxygen atoms in total. The van der Waals surface area contributed by atoms with Gasteiger partial charge in [-0.05, 0) is 36.4 Å². The minimum atomic E-state index is 0.505. The van der Waals surface area contributed by atoms with Gasteiger partial charge in [0.05, 0.1) is 6.20 Å². The molecule has 2 rings (SSSR count). The Morgan fingerprint density at radius 2 is 1.75 bits per heavy atom. The fourth-order valence-corrected chi connectivity index (χ4v) is 1.72. The second kappa shape index (κ2) is 8.17. The molecule has 20 heavy (non-hydrogen) atoms. The molecule has 0 fully saturated rings. The third-order valence-electron chi connectivity index (χ3n) is 2.76. The van der Waals surface area contributed by atoms with E-state index in [9.17, 15) is 0 Å². The summed E-state index contributed by atoms with van der Waals surface area (Å²) in [6, 6.07) is 11.8. The highest BCUT2D eigenvalue weighted by Crippen LogP contribution is 2.12. The highest BCUT2D eigenvalue weighted by molar-refractivity contribution is 5.27. The van der Waals surface area contributed by atoms with Crippen molar-refractivity contribution in [2.45, 2.75) is 13.5 Å². The number of aromatic nitrogens is 1. The average molecular weight is 272 g/mol. The Morgan fingerprint density at radius 3 is 2.40 bits per heavy atom.